The highest BCUT2D eigenvalue weighted by Crippen LogP contribution is 2.34. The molecule has 2 heterocycles. The normalized spacial score (nSPS) is 17.4. The van der Waals surface area contributed by atoms with Crippen LogP contribution in [-0.4, -0.2) is 22.6 Å². The number of nitriles is 1. The lowest BCUT2D eigenvalue weighted by molar-refractivity contribution is 0.324. The maximum atomic E-state index is 13.8. The maximum Gasteiger partial charge on any atom is 0.143 e. The van der Waals surface area contributed by atoms with Gasteiger partial charge in [0.2, 0.25) is 0 Å². The van der Waals surface area contributed by atoms with E-state index in [2.05, 4.69) is 17.2 Å². The SMILES string of the molecule is CC1(c2cncn2-c2cccc(F)c2C#N)CCNCC1. The van der Waals surface area contributed by atoms with Crippen molar-refractivity contribution in [2.24, 2.45) is 0 Å². The summed E-state index contributed by atoms with van der Waals surface area (Å²) in [6.07, 6.45) is 5.49. The minimum Gasteiger partial charge on any atom is -0.317 e. The molecule has 1 aromatic carbocycles. The number of imidazole rings is 1. The van der Waals surface area contributed by atoms with Gasteiger partial charge in [0.25, 0.3) is 0 Å². The Hall–Kier alpha value is -2.19. The third-order valence-corrected chi connectivity index (χ3v) is 4.33. The highest BCUT2D eigenvalue weighted by Gasteiger charge is 2.32. The van der Waals surface area contributed by atoms with Crippen molar-refractivity contribution in [2.75, 3.05) is 13.1 Å². The topological polar surface area (TPSA) is 53.6 Å². The van der Waals surface area contributed by atoms with Gasteiger partial charge in [0.1, 0.15) is 17.4 Å². The first-order valence-corrected chi connectivity index (χ1v) is 7.08. The molecule has 3 rings (SSSR count). The zero-order valence-electron chi connectivity index (χ0n) is 11.9. The van der Waals surface area contributed by atoms with Gasteiger partial charge in [0, 0.05) is 17.3 Å². The van der Waals surface area contributed by atoms with Crippen molar-refractivity contribution in [3.8, 4) is 11.8 Å². The smallest absolute Gasteiger partial charge is 0.143 e. The van der Waals surface area contributed by atoms with Gasteiger partial charge in [-0.05, 0) is 38.1 Å². The third-order valence-electron chi connectivity index (χ3n) is 4.33. The van der Waals surface area contributed by atoms with E-state index in [9.17, 15) is 9.65 Å². The Morgan fingerprint density at radius 2 is 2.14 bits per heavy atom. The Balaban J connectivity index is 2.12. The Morgan fingerprint density at radius 3 is 2.86 bits per heavy atom. The molecule has 0 atom stereocenters. The van der Waals surface area contributed by atoms with Crippen LogP contribution in [-0.2, 0) is 5.41 Å². The van der Waals surface area contributed by atoms with Gasteiger partial charge in [-0.15, -0.1) is 0 Å². The minimum atomic E-state index is -0.495. The number of hydrogen-bond acceptors (Lipinski definition) is 3. The molecule has 1 saturated heterocycles. The summed E-state index contributed by atoms with van der Waals surface area (Å²) in [5.41, 5.74) is 1.64. The molecule has 1 fully saturated rings. The van der Waals surface area contributed by atoms with E-state index in [0.717, 1.165) is 31.6 Å². The number of hydrogen-bond donors (Lipinski definition) is 1. The van der Waals surface area contributed by atoms with Crippen molar-refractivity contribution in [1.82, 2.24) is 14.9 Å². The molecule has 5 heteroatoms. The summed E-state index contributed by atoms with van der Waals surface area (Å²) in [6.45, 7) is 4.11. The number of nitrogens with one attached hydrogen (secondary N) is 1. The fraction of sp³-hybridized carbons (Fsp3) is 0.375. The number of halogens is 1. The number of piperidine rings is 1. The molecular formula is C16H17FN4. The average molecular weight is 284 g/mol. The second-order valence-electron chi connectivity index (χ2n) is 5.71. The predicted molar refractivity (Wildman–Crippen MR) is 77.7 cm³/mol. The Morgan fingerprint density at radius 1 is 1.38 bits per heavy atom. The van der Waals surface area contributed by atoms with Crippen molar-refractivity contribution in [1.29, 1.82) is 5.26 Å². The van der Waals surface area contributed by atoms with Crippen LogP contribution >= 0.6 is 0 Å². The summed E-state index contributed by atoms with van der Waals surface area (Å²) in [5, 5.41) is 12.6. The molecule has 0 radical (unpaired) electrons. The first kappa shape index (κ1) is 13.8. The summed E-state index contributed by atoms with van der Waals surface area (Å²) in [7, 11) is 0. The van der Waals surface area contributed by atoms with E-state index in [1.165, 1.54) is 6.07 Å². The van der Waals surface area contributed by atoms with E-state index >= 15 is 0 Å². The molecule has 21 heavy (non-hydrogen) atoms. The van der Waals surface area contributed by atoms with Crippen LogP contribution < -0.4 is 5.32 Å². The van der Waals surface area contributed by atoms with Crippen LogP contribution in [0.5, 0.6) is 0 Å². The Bertz CT molecular complexity index is 693. The van der Waals surface area contributed by atoms with E-state index in [0.29, 0.717) is 5.69 Å². The van der Waals surface area contributed by atoms with E-state index in [1.807, 2.05) is 16.8 Å². The standard InChI is InChI=1S/C16H17FN4/c1-16(5-7-19-8-6-16)15-10-20-11-21(15)14-4-2-3-13(17)12(14)9-18/h2-4,10-11,19H,5-8H2,1H3. The highest BCUT2D eigenvalue weighted by molar-refractivity contribution is 5.51. The summed E-state index contributed by atoms with van der Waals surface area (Å²) in [6, 6.07) is 6.66. The van der Waals surface area contributed by atoms with E-state index in [4.69, 9.17) is 0 Å². The molecule has 1 aromatic heterocycles. The maximum absolute atomic E-state index is 13.8. The molecular weight excluding hydrogens is 267 g/mol. The van der Waals surface area contributed by atoms with Gasteiger partial charge < -0.3 is 9.88 Å². The van der Waals surface area contributed by atoms with Crippen molar-refractivity contribution in [2.45, 2.75) is 25.2 Å². The molecule has 0 unspecified atom stereocenters. The van der Waals surface area contributed by atoms with Crippen molar-refractivity contribution in [3.63, 3.8) is 0 Å². The second-order valence-corrected chi connectivity index (χ2v) is 5.71. The molecule has 108 valence electrons. The quantitative estimate of drug-likeness (QED) is 0.922. The van der Waals surface area contributed by atoms with Crippen LogP contribution in [0.15, 0.2) is 30.7 Å². The largest absolute Gasteiger partial charge is 0.317 e. The molecule has 0 saturated carbocycles. The average Bonchev–Trinajstić information content (AvgIpc) is 2.98. The third kappa shape index (κ3) is 2.32. The first-order chi connectivity index (χ1) is 10.2. The molecule has 0 aliphatic carbocycles. The zero-order valence-corrected chi connectivity index (χ0v) is 11.9. The van der Waals surface area contributed by atoms with Crippen molar-refractivity contribution >= 4 is 0 Å². The second kappa shape index (κ2) is 5.30. The van der Waals surface area contributed by atoms with Crippen molar-refractivity contribution < 1.29 is 4.39 Å². The summed E-state index contributed by atoms with van der Waals surface area (Å²) < 4.78 is 15.7. The van der Waals surface area contributed by atoms with Gasteiger partial charge in [-0.3, -0.25) is 0 Å². The summed E-state index contributed by atoms with van der Waals surface area (Å²) in [4.78, 5) is 4.23. The lowest BCUT2D eigenvalue weighted by atomic mass is 9.78. The Kier molecular flexibility index (Phi) is 3.48. The molecule has 0 bridgehead atoms. The number of aromatic nitrogens is 2. The molecule has 4 nitrogen and oxygen atoms in total. The lowest BCUT2D eigenvalue weighted by Crippen LogP contribution is -2.38. The van der Waals surface area contributed by atoms with E-state index in [1.54, 1.807) is 18.5 Å². The van der Waals surface area contributed by atoms with Gasteiger partial charge in [-0.1, -0.05) is 13.0 Å². The monoisotopic (exact) mass is 284 g/mol. The Labute approximate surface area is 123 Å². The van der Waals surface area contributed by atoms with Gasteiger partial charge in [-0.25, -0.2) is 9.37 Å². The van der Waals surface area contributed by atoms with Crippen LogP contribution in [0.2, 0.25) is 0 Å². The predicted octanol–water partition coefficient (Wildman–Crippen LogP) is 2.52. The summed E-state index contributed by atoms with van der Waals surface area (Å²) >= 11 is 0. The van der Waals surface area contributed by atoms with Gasteiger partial charge in [-0.2, -0.15) is 5.26 Å². The van der Waals surface area contributed by atoms with Gasteiger partial charge >= 0.3 is 0 Å². The van der Waals surface area contributed by atoms with E-state index in [-0.39, 0.29) is 11.0 Å². The molecule has 1 N–H and O–H groups in total. The number of nitrogens with zero attached hydrogens (tertiary/aromatic N) is 3. The first-order valence-electron chi connectivity index (χ1n) is 7.08. The lowest BCUT2D eigenvalue weighted by Gasteiger charge is -2.34. The van der Waals surface area contributed by atoms with Crippen LogP contribution in [0.25, 0.3) is 5.69 Å². The number of benzene rings is 1. The van der Waals surface area contributed by atoms with Gasteiger partial charge in [0.05, 0.1) is 12.0 Å². The summed E-state index contributed by atoms with van der Waals surface area (Å²) in [5.74, 6) is -0.495. The van der Waals surface area contributed by atoms with Crippen LogP contribution in [0.1, 0.15) is 31.0 Å². The van der Waals surface area contributed by atoms with Gasteiger partial charge in [0.15, 0.2) is 0 Å². The van der Waals surface area contributed by atoms with E-state index < -0.39 is 5.82 Å². The molecule has 2 aromatic rings. The number of rotatable bonds is 2. The fourth-order valence-electron chi connectivity index (χ4n) is 2.99. The van der Waals surface area contributed by atoms with Crippen molar-refractivity contribution in [3.05, 3.63) is 47.8 Å². The van der Waals surface area contributed by atoms with Crippen LogP contribution in [0, 0.1) is 17.1 Å². The van der Waals surface area contributed by atoms with Crippen LogP contribution in [0.4, 0.5) is 4.39 Å². The molecule has 1 aliphatic heterocycles. The molecule has 0 spiro atoms. The minimum absolute atomic E-state index is 0.0131. The molecule has 1 aliphatic rings. The highest BCUT2D eigenvalue weighted by atomic mass is 19.1. The molecule has 0 amide bonds. The zero-order chi connectivity index (χ0) is 14.9. The van der Waals surface area contributed by atoms with Crippen LogP contribution in [0.3, 0.4) is 0 Å². The fourth-order valence-corrected chi connectivity index (χ4v) is 2.99.